The van der Waals surface area contributed by atoms with Gasteiger partial charge in [-0.1, -0.05) is 5.21 Å². The fourth-order valence-electron chi connectivity index (χ4n) is 2.82. The highest BCUT2D eigenvalue weighted by Gasteiger charge is 2.28. The molecule has 2 aliphatic rings. The van der Waals surface area contributed by atoms with Gasteiger partial charge in [-0.25, -0.2) is 4.68 Å². The molecule has 1 amide bonds. The summed E-state index contributed by atoms with van der Waals surface area (Å²) in [6, 6.07) is 0.618. The summed E-state index contributed by atoms with van der Waals surface area (Å²) < 4.78 is 1.80. The molecule has 0 spiro atoms. The summed E-state index contributed by atoms with van der Waals surface area (Å²) in [5.41, 5.74) is 0.452. The van der Waals surface area contributed by atoms with Crippen LogP contribution in [0.5, 0.6) is 0 Å². The molecule has 110 valence electrons. The first kappa shape index (κ1) is 13.5. The van der Waals surface area contributed by atoms with Crippen LogP contribution in [0.1, 0.15) is 29.4 Å². The maximum Gasteiger partial charge on any atom is 0.276 e. The molecule has 0 saturated carbocycles. The molecule has 2 fully saturated rings. The summed E-state index contributed by atoms with van der Waals surface area (Å²) in [6.45, 7) is 3.85. The van der Waals surface area contributed by atoms with E-state index in [2.05, 4.69) is 27.6 Å². The summed E-state index contributed by atoms with van der Waals surface area (Å²) in [4.78, 5) is 16.6. The maximum atomic E-state index is 12.5. The van der Waals surface area contributed by atoms with Crippen molar-refractivity contribution in [2.75, 3.05) is 40.3 Å². The van der Waals surface area contributed by atoms with Crippen LogP contribution in [-0.4, -0.2) is 77.0 Å². The SMILES string of the molecule is CN1CCCC(N(C)C(=O)c2cn(C3CNC3)nn2)C1. The van der Waals surface area contributed by atoms with Gasteiger partial charge in [-0.05, 0) is 26.4 Å². The first-order valence-electron chi connectivity index (χ1n) is 7.23. The Bertz CT molecular complexity index is 483. The van der Waals surface area contributed by atoms with E-state index in [1.165, 1.54) is 0 Å². The third-order valence-corrected chi connectivity index (χ3v) is 4.33. The van der Waals surface area contributed by atoms with Crippen molar-refractivity contribution in [1.29, 1.82) is 0 Å². The molecule has 2 aliphatic heterocycles. The van der Waals surface area contributed by atoms with Gasteiger partial charge in [0.15, 0.2) is 5.69 Å². The highest BCUT2D eigenvalue weighted by molar-refractivity contribution is 5.92. The van der Waals surface area contributed by atoms with Crippen molar-refractivity contribution in [3.8, 4) is 0 Å². The molecule has 20 heavy (non-hydrogen) atoms. The third kappa shape index (κ3) is 2.55. The summed E-state index contributed by atoms with van der Waals surface area (Å²) in [7, 11) is 3.97. The highest BCUT2D eigenvalue weighted by atomic mass is 16.2. The van der Waals surface area contributed by atoms with Crippen molar-refractivity contribution in [3.63, 3.8) is 0 Å². The highest BCUT2D eigenvalue weighted by Crippen LogP contribution is 2.16. The Labute approximate surface area is 118 Å². The minimum absolute atomic E-state index is 0.0242. The van der Waals surface area contributed by atoms with Crippen LogP contribution in [0.3, 0.4) is 0 Å². The van der Waals surface area contributed by atoms with Gasteiger partial charge in [-0.2, -0.15) is 0 Å². The van der Waals surface area contributed by atoms with Crippen molar-refractivity contribution in [2.24, 2.45) is 0 Å². The average Bonchev–Trinajstić information content (AvgIpc) is 2.84. The van der Waals surface area contributed by atoms with Gasteiger partial charge < -0.3 is 15.1 Å². The number of carbonyl (C=O) groups is 1. The van der Waals surface area contributed by atoms with Crippen LogP contribution in [0.25, 0.3) is 0 Å². The Hall–Kier alpha value is -1.47. The van der Waals surface area contributed by atoms with Crippen LogP contribution in [-0.2, 0) is 0 Å². The zero-order chi connectivity index (χ0) is 14.1. The predicted molar refractivity (Wildman–Crippen MR) is 74.5 cm³/mol. The Morgan fingerprint density at radius 2 is 2.30 bits per heavy atom. The van der Waals surface area contributed by atoms with Crippen molar-refractivity contribution < 1.29 is 4.79 Å². The van der Waals surface area contributed by atoms with Crippen LogP contribution in [0.4, 0.5) is 0 Å². The number of likely N-dealkylation sites (N-methyl/N-ethyl adjacent to an activating group) is 2. The lowest BCUT2D eigenvalue weighted by Crippen LogP contribution is -2.47. The molecule has 2 saturated heterocycles. The number of nitrogens with zero attached hydrogens (tertiary/aromatic N) is 5. The number of likely N-dealkylation sites (tertiary alicyclic amines) is 1. The molecule has 0 radical (unpaired) electrons. The summed E-state index contributed by atoms with van der Waals surface area (Å²) in [5, 5.41) is 11.3. The second kappa shape index (κ2) is 5.49. The zero-order valence-corrected chi connectivity index (χ0v) is 12.1. The smallest absolute Gasteiger partial charge is 0.276 e. The number of hydrogen-bond acceptors (Lipinski definition) is 5. The Balaban J connectivity index is 1.66. The fraction of sp³-hybridized carbons (Fsp3) is 0.769. The topological polar surface area (TPSA) is 66.3 Å². The number of aromatic nitrogens is 3. The van der Waals surface area contributed by atoms with Crippen LogP contribution < -0.4 is 5.32 Å². The Kier molecular flexibility index (Phi) is 3.71. The van der Waals surface area contributed by atoms with Gasteiger partial charge in [0, 0.05) is 32.7 Å². The summed E-state index contributed by atoms with van der Waals surface area (Å²) >= 11 is 0. The van der Waals surface area contributed by atoms with Gasteiger partial charge in [-0.15, -0.1) is 5.10 Å². The molecule has 3 rings (SSSR count). The first-order valence-corrected chi connectivity index (χ1v) is 7.23. The molecule has 1 aromatic rings. The van der Waals surface area contributed by atoms with Gasteiger partial charge in [0.1, 0.15) is 0 Å². The van der Waals surface area contributed by atoms with E-state index in [-0.39, 0.29) is 11.9 Å². The standard InChI is InChI=1S/C13H22N6O/c1-17-5-3-4-10(8-17)18(2)13(20)12-9-19(16-15-12)11-6-14-7-11/h9-11,14H,3-8H2,1-2H3. The number of carbonyl (C=O) groups excluding carboxylic acids is 1. The molecular formula is C13H22N6O. The third-order valence-electron chi connectivity index (χ3n) is 4.33. The van der Waals surface area contributed by atoms with Crippen molar-refractivity contribution >= 4 is 5.91 Å². The second-order valence-electron chi connectivity index (χ2n) is 5.87. The average molecular weight is 278 g/mol. The lowest BCUT2D eigenvalue weighted by atomic mass is 10.0. The fourth-order valence-corrected chi connectivity index (χ4v) is 2.82. The predicted octanol–water partition coefficient (Wildman–Crippen LogP) is -0.411. The summed E-state index contributed by atoms with van der Waals surface area (Å²) in [6.07, 6.45) is 3.98. The Morgan fingerprint density at radius 3 is 2.95 bits per heavy atom. The van der Waals surface area contributed by atoms with Crippen molar-refractivity contribution in [1.82, 2.24) is 30.1 Å². The van der Waals surface area contributed by atoms with Gasteiger partial charge in [-0.3, -0.25) is 4.79 Å². The van der Waals surface area contributed by atoms with Crippen LogP contribution in [0, 0.1) is 0 Å². The maximum absolute atomic E-state index is 12.5. The van der Waals surface area contributed by atoms with E-state index in [9.17, 15) is 4.79 Å². The van der Waals surface area contributed by atoms with Crippen LogP contribution >= 0.6 is 0 Å². The van der Waals surface area contributed by atoms with Crippen molar-refractivity contribution in [2.45, 2.75) is 24.9 Å². The molecule has 1 unspecified atom stereocenters. The number of rotatable bonds is 3. The number of amides is 1. The number of piperidine rings is 1. The Morgan fingerprint density at radius 1 is 1.50 bits per heavy atom. The van der Waals surface area contributed by atoms with Crippen LogP contribution in [0.15, 0.2) is 6.20 Å². The van der Waals surface area contributed by atoms with E-state index < -0.39 is 0 Å². The molecule has 7 nitrogen and oxygen atoms in total. The van der Waals surface area contributed by atoms with Crippen molar-refractivity contribution in [3.05, 3.63) is 11.9 Å². The number of hydrogen-bond donors (Lipinski definition) is 1. The molecule has 7 heteroatoms. The molecular weight excluding hydrogens is 256 g/mol. The van der Waals surface area contributed by atoms with Gasteiger partial charge >= 0.3 is 0 Å². The zero-order valence-electron chi connectivity index (χ0n) is 12.1. The monoisotopic (exact) mass is 278 g/mol. The van der Waals surface area contributed by atoms with E-state index in [1.807, 2.05) is 11.9 Å². The van der Waals surface area contributed by atoms with E-state index in [1.54, 1.807) is 10.9 Å². The lowest BCUT2D eigenvalue weighted by molar-refractivity contribution is 0.0638. The second-order valence-corrected chi connectivity index (χ2v) is 5.87. The van der Waals surface area contributed by atoms with Gasteiger partial charge in [0.25, 0.3) is 5.91 Å². The van der Waals surface area contributed by atoms with Crippen LogP contribution in [0.2, 0.25) is 0 Å². The van der Waals surface area contributed by atoms with Gasteiger partial charge in [0.2, 0.25) is 0 Å². The van der Waals surface area contributed by atoms with E-state index >= 15 is 0 Å². The molecule has 0 bridgehead atoms. The molecule has 1 atom stereocenters. The van der Waals surface area contributed by atoms with E-state index in [4.69, 9.17) is 0 Å². The minimum Gasteiger partial charge on any atom is -0.336 e. The first-order chi connectivity index (χ1) is 9.65. The lowest BCUT2D eigenvalue weighted by Gasteiger charge is -2.35. The molecule has 1 aromatic heterocycles. The normalized spacial score (nSPS) is 24.4. The number of nitrogens with one attached hydrogen (secondary N) is 1. The molecule has 0 aromatic carbocycles. The minimum atomic E-state index is -0.0242. The largest absolute Gasteiger partial charge is 0.336 e. The molecule has 1 N–H and O–H groups in total. The van der Waals surface area contributed by atoms with E-state index in [0.29, 0.717) is 11.7 Å². The van der Waals surface area contributed by atoms with Gasteiger partial charge in [0.05, 0.1) is 12.2 Å². The molecule has 3 heterocycles. The molecule has 0 aliphatic carbocycles. The van der Waals surface area contributed by atoms with E-state index in [0.717, 1.165) is 39.0 Å². The quantitative estimate of drug-likeness (QED) is 0.814. The summed E-state index contributed by atoms with van der Waals surface area (Å²) in [5.74, 6) is -0.0242.